The Morgan fingerprint density at radius 2 is 1.90 bits per heavy atom. The smallest absolute Gasteiger partial charge is 0.410 e. The van der Waals surface area contributed by atoms with E-state index in [0.717, 1.165) is 0 Å². The highest BCUT2D eigenvalue weighted by Gasteiger charge is 2.62. The maximum absolute atomic E-state index is 13.7. The van der Waals surface area contributed by atoms with Crippen LogP contribution >= 0.6 is 11.6 Å². The Balaban J connectivity index is 1.65. The van der Waals surface area contributed by atoms with E-state index in [2.05, 4.69) is 0 Å². The van der Waals surface area contributed by atoms with Gasteiger partial charge in [-0.15, -0.1) is 0 Å². The molecule has 1 aromatic rings. The molecule has 3 fully saturated rings. The summed E-state index contributed by atoms with van der Waals surface area (Å²) in [5.74, 6) is 0. The number of amides is 1. The van der Waals surface area contributed by atoms with Crippen LogP contribution in [-0.4, -0.2) is 77.9 Å². The van der Waals surface area contributed by atoms with E-state index in [1.807, 2.05) is 20.8 Å². The van der Waals surface area contributed by atoms with Gasteiger partial charge in [0.1, 0.15) is 5.60 Å². The highest BCUT2D eigenvalue weighted by atomic mass is 35.5. The molecule has 2 heterocycles. The van der Waals surface area contributed by atoms with Crippen molar-refractivity contribution in [3.63, 3.8) is 0 Å². The van der Waals surface area contributed by atoms with E-state index in [4.69, 9.17) is 21.1 Å². The van der Waals surface area contributed by atoms with Crippen LogP contribution in [0, 0.1) is 0 Å². The van der Waals surface area contributed by atoms with Gasteiger partial charge in [-0.05, 0) is 64.3 Å². The maximum atomic E-state index is 13.7. The molecule has 3 aliphatic rings. The van der Waals surface area contributed by atoms with Gasteiger partial charge in [0.15, 0.2) is 0 Å². The summed E-state index contributed by atoms with van der Waals surface area (Å²) in [5.41, 5.74) is -1.65. The Morgan fingerprint density at radius 3 is 2.45 bits per heavy atom. The molecular formula is C21H29ClN2O6S. The van der Waals surface area contributed by atoms with Crippen molar-refractivity contribution in [3.05, 3.63) is 29.3 Å². The van der Waals surface area contributed by atoms with Crippen LogP contribution in [0.25, 0.3) is 0 Å². The predicted octanol–water partition coefficient (Wildman–Crippen LogP) is 2.63. The van der Waals surface area contributed by atoms with Gasteiger partial charge < -0.3 is 19.5 Å². The molecule has 10 heteroatoms. The van der Waals surface area contributed by atoms with Gasteiger partial charge in [-0.2, -0.15) is 4.31 Å². The van der Waals surface area contributed by atoms with Crippen molar-refractivity contribution in [1.82, 2.24) is 9.21 Å². The SMILES string of the molecule is CC1N(S(=O)(=O)c2ccc(Cl)cc2)C(C2(OC(=O)N3CCC(O)C3)CC2)COC1(C)C. The van der Waals surface area contributed by atoms with E-state index < -0.39 is 45.5 Å². The topological polar surface area (TPSA) is 96.4 Å². The van der Waals surface area contributed by atoms with Crippen molar-refractivity contribution in [2.75, 3.05) is 19.7 Å². The molecule has 8 nitrogen and oxygen atoms in total. The molecule has 0 bridgehead atoms. The van der Waals surface area contributed by atoms with Crippen LogP contribution in [0.5, 0.6) is 0 Å². The number of aliphatic hydroxyl groups is 1. The lowest BCUT2D eigenvalue weighted by Crippen LogP contribution is -2.66. The molecule has 3 unspecified atom stereocenters. The number of hydrogen-bond acceptors (Lipinski definition) is 6. The van der Waals surface area contributed by atoms with E-state index in [1.54, 1.807) is 12.1 Å². The van der Waals surface area contributed by atoms with Crippen LogP contribution < -0.4 is 0 Å². The van der Waals surface area contributed by atoms with Crippen molar-refractivity contribution in [2.45, 2.75) is 74.3 Å². The van der Waals surface area contributed by atoms with E-state index in [1.165, 1.54) is 21.3 Å². The Hall–Kier alpha value is -1.39. The summed E-state index contributed by atoms with van der Waals surface area (Å²) in [6.07, 6.45) is 0.557. The van der Waals surface area contributed by atoms with Crippen LogP contribution in [0.3, 0.4) is 0 Å². The number of rotatable bonds is 4. The van der Waals surface area contributed by atoms with E-state index in [-0.39, 0.29) is 18.0 Å². The minimum atomic E-state index is -3.91. The molecule has 0 spiro atoms. The number of carbonyl (C=O) groups excluding carboxylic acids is 1. The number of likely N-dealkylation sites (tertiary alicyclic amines) is 1. The standard InChI is InChI=1S/C21H29ClN2O6S/c1-14-20(2,3)29-13-18(24(14)31(27,28)17-6-4-15(22)5-7-17)21(9-10-21)30-19(26)23-11-8-16(25)12-23/h4-7,14,16,18,25H,8-13H2,1-3H3. The summed E-state index contributed by atoms with van der Waals surface area (Å²) in [4.78, 5) is 14.3. The first-order valence-corrected chi connectivity index (χ1v) is 12.4. The van der Waals surface area contributed by atoms with Gasteiger partial charge in [-0.25, -0.2) is 13.2 Å². The third kappa shape index (κ3) is 4.18. The van der Waals surface area contributed by atoms with Gasteiger partial charge >= 0.3 is 6.09 Å². The Bertz CT molecular complexity index is 947. The summed E-state index contributed by atoms with van der Waals surface area (Å²) < 4.78 is 40.8. The molecule has 4 rings (SSSR count). The monoisotopic (exact) mass is 472 g/mol. The second-order valence-corrected chi connectivity index (χ2v) is 11.5. The third-order valence-corrected chi connectivity index (χ3v) is 9.01. The van der Waals surface area contributed by atoms with Crippen LogP contribution in [0.2, 0.25) is 5.02 Å². The van der Waals surface area contributed by atoms with E-state index >= 15 is 0 Å². The van der Waals surface area contributed by atoms with E-state index in [0.29, 0.717) is 30.8 Å². The molecule has 1 aliphatic carbocycles. The number of β-amino-alcohol motifs (C(OH)–C–C–N with tert-alkyl or cyclic N) is 1. The Morgan fingerprint density at radius 1 is 1.26 bits per heavy atom. The van der Waals surface area contributed by atoms with Gasteiger partial charge in [-0.1, -0.05) is 11.6 Å². The molecule has 1 saturated carbocycles. The lowest BCUT2D eigenvalue weighted by molar-refractivity contribution is -0.148. The van der Waals surface area contributed by atoms with Gasteiger partial charge in [0.05, 0.1) is 35.3 Å². The second kappa shape index (κ2) is 7.88. The van der Waals surface area contributed by atoms with Gasteiger partial charge in [0.25, 0.3) is 0 Å². The highest BCUT2D eigenvalue weighted by Crippen LogP contribution is 2.49. The Kier molecular flexibility index (Phi) is 5.79. The minimum absolute atomic E-state index is 0.125. The molecule has 3 atom stereocenters. The molecule has 1 aromatic carbocycles. The average Bonchev–Trinajstić information content (AvgIpc) is 3.34. The summed E-state index contributed by atoms with van der Waals surface area (Å²) in [5, 5.41) is 10.2. The first-order valence-electron chi connectivity index (χ1n) is 10.6. The van der Waals surface area contributed by atoms with Crippen molar-refractivity contribution in [1.29, 1.82) is 0 Å². The van der Waals surface area contributed by atoms with Gasteiger partial charge in [0, 0.05) is 18.1 Å². The summed E-state index contributed by atoms with van der Waals surface area (Å²) in [6, 6.07) is 4.93. The number of morpholine rings is 1. The molecular weight excluding hydrogens is 444 g/mol. The highest BCUT2D eigenvalue weighted by molar-refractivity contribution is 7.89. The predicted molar refractivity (Wildman–Crippen MR) is 114 cm³/mol. The summed E-state index contributed by atoms with van der Waals surface area (Å²) >= 11 is 5.95. The molecule has 172 valence electrons. The van der Waals surface area contributed by atoms with Gasteiger partial charge in [-0.3, -0.25) is 0 Å². The lowest BCUT2D eigenvalue weighted by atomic mass is 9.94. The van der Waals surface area contributed by atoms with Crippen molar-refractivity contribution in [2.24, 2.45) is 0 Å². The lowest BCUT2D eigenvalue weighted by Gasteiger charge is -2.50. The van der Waals surface area contributed by atoms with Crippen LogP contribution in [0.1, 0.15) is 40.0 Å². The number of aliphatic hydroxyl groups excluding tert-OH is 1. The maximum Gasteiger partial charge on any atom is 0.410 e. The third-order valence-electron chi connectivity index (χ3n) is 6.76. The number of sulfonamides is 1. The normalized spacial score (nSPS) is 30.2. The second-order valence-electron chi connectivity index (χ2n) is 9.22. The molecule has 0 radical (unpaired) electrons. The number of benzene rings is 1. The van der Waals surface area contributed by atoms with E-state index in [9.17, 15) is 18.3 Å². The zero-order valence-corrected chi connectivity index (χ0v) is 19.5. The van der Waals surface area contributed by atoms with Crippen LogP contribution in [0.4, 0.5) is 4.79 Å². The fraction of sp³-hybridized carbons (Fsp3) is 0.667. The largest absolute Gasteiger partial charge is 0.441 e. The fourth-order valence-electron chi connectivity index (χ4n) is 4.32. The zero-order valence-electron chi connectivity index (χ0n) is 18.0. The number of carbonyl (C=O) groups is 1. The van der Waals surface area contributed by atoms with Crippen molar-refractivity contribution < 1.29 is 27.8 Å². The molecule has 2 saturated heterocycles. The average molecular weight is 473 g/mol. The molecule has 0 aromatic heterocycles. The fourth-order valence-corrected chi connectivity index (χ4v) is 6.43. The van der Waals surface area contributed by atoms with Crippen molar-refractivity contribution >= 4 is 27.7 Å². The van der Waals surface area contributed by atoms with Crippen molar-refractivity contribution in [3.8, 4) is 0 Å². The number of halogens is 1. The first kappa shape index (κ1) is 22.8. The Labute approximate surface area is 188 Å². The quantitative estimate of drug-likeness (QED) is 0.723. The summed E-state index contributed by atoms with van der Waals surface area (Å²) in [7, 11) is -3.91. The molecule has 1 N–H and O–H groups in total. The number of hydrogen-bond donors (Lipinski definition) is 1. The molecule has 2 aliphatic heterocycles. The van der Waals surface area contributed by atoms with Crippen LogP contribution in [0.15, 0.2) is 29.2 Å². The zero-order chi connectivity index (χ0) is 22.6. The number of nitrogens with zero attached hydrogens (tertiary/aromatic N) is 2. The summed E-state index contributed by atoms with van der Waals surface area (Å²) in [6.45, 7) is 6.30. The minimum Gasteiger partial charge on any atom is -0.441 e. The van der Waals surface area contributed by atoms with Crippen LogP contribution in [-0.2, 0) is 19.5 Å². The molecule has 31 heavy (non-hydrogen) atoms. The first-order chi connectivity index (χ1) is 14.5. The molecule has 1 amide bonds. The van der Waals surface area contributed by atoms with Gasteiger partial charge in [0.2, 0.25) is 10.0 Å². The number of ether oxygens (including phenoxy) is 2.